The van der Waals surface area contributed by atoms with Crippen LogP contribution in [-0.4, -0.2) is 29.0 Å². The molecular formula is C19H20ClF4NO2. The standard InChI is InChI=1S/C19H20ClF4NO2/c1-17(2,14-8-13(21)5-6-15(14)27-3)11-18(26,19(22,23)24)9-12-4-7-16(20)25-10-12/h4-8,10,26H,9,11H2,1-3H3. The van der Waals surface area contributed by atoms with Gasteiger partial charge in [-0.1, -0.05) is 31.5 Å². The number of aromatic nitrogens is 1. The zero-order chi connectivity index (χ0) is 20.5. The number of methoxy groups -OCH3 is 1. The Balaban J connectivity index is 2.43. The van der Waals surface area contributed by atoms with Gasteiger partial charge in [-0.05, 0) is 41.7 Å². The molecule has 0 amide bonds. The molecule has 1 atom stereocenters. The van der Waals surface area contributed by atoms with Crippen molar-refractivity contribution in [3.05, 3.63) is 58.6 Å². The molecule has 148 valence electrons. The first-order valence-corrected chi connectivity index (χ1v) is 8.49. The number of alkyl halides is 3. The number of pyridine rings is 1. The second-order valence-corrected chi connectivity index (χ2v) is 7.49. The molecule has 0 saturated carbocycles. The van der Waals surface area contributed by atoms with Gasteiger partial charge in [-0.15, -0.1) is 0 Å². The summed E-state index contributed by atoms with van der Waals surface area (Å²) in [6.45, 7) is 3.00. The number of nitrogens with zero attached hydrogens (tertiary/aromatic N) is 1. The molecule has 8 heteroatoms. The Morgan fingerprint density at radius 3 is 2.33 bits per heavy atom. The largest absolute Gasteiger partial charge is 0.496 e. The molecule has 1 aromatic carbocycles. The van der Waals surface area contributed by atoms with Gasteiger partial charge in [-0.2, -0.15) is 13.2 Å². The summed E-state index contributed by atoms with van der Waals surface area (Å²) in [4.78, 5) is 3.76. The van der Waals surface area contributed by atoms with E-state index in [1.807, 2.05) is 0 Å². The van der Waals surface area contributed by atoms with Gasteiger partial charge in [0.05, 0.1) is 7.11 Å². The Hall–Kier alpha value is -1.86. The fourth-order valence-corrected chi connectivity index (χ4v) is 3.26. The van der Waals surface area contributed by atoms with Gasteiger partial charge in [0.2, 0.25) is 0 Å². The molecule has 1 N–H and O–H groups in total. The highest BCUT2D eigenvalue weighted by Gasteiger charge is 2.56. The Labute approximate surface area is 160 Å². The summed E-state index contributed by atoms with van der Waals surface area (Å²) in [5.41, 5.74) is -3.87. The van der Waals surface area contributed by atoms with E-state index in [2.05, 4.69) is 4.98 Å². The molecule has 0 aliphatic carbocycles. The smallest absolute Gasteiger partial charge is 0.417 e. The highest BCUT2D eigenvalue weighted by Crippen LogP contribution is 2.45. The van der Waals surface area contributed by atoms with E-state index in [1.54, 1.807) is 0 Å². The van der Waals surface area contributed by atoms with Crippen LogP contribution in [0.5, 0.6) is 5.75 Å². The minimum absolute atomic E-state index is 0.138. The van der Waals surface area contributed by atoms with Crippen molar-refractivity contribution in [1.82, 2.24) is 4.98 Å². The highest BCUT2D eigenvalue weighted by atomic mass is 35.5. The quantitative estimate of drug-likeness (QED) is 0.538. The number of benzene rings is 1. The number of halogens is 5. The first-order valence-electron chi connectivity index (χ1n) is 8.11. The predicted octanol–water partition coefficient (Wildman–Crippen LogP) is 5.09. The minimum Gasteiger partial charge on any atom is -0.496 e. The molecule has 0 bridgehead atoms. The number of ether oxygens (including phenoxy) is 1. The van der Waals surface area contributed by atoms with Crippen molar-refractivity contribution in [2.45, 2.75) is 43.9 Å². The van der Waals surface area contributed by atoms with E-state index in [0.29, 0.717) is 0 Å². The number of hydrogen-bond acceptors (Lipinski definition) is 3. The van der Waals surface area contributed by atoms with Gasteiger partial charge in [0.25, 0.3) is 0 Å². The second-order valence-electron chi connectivity index (χ2n) is 7.10. The third-order valence-corrected chi connectivity index (χ3v) is 4.66. The minimum atomic E-state index is -4.91. The Bertz CT molecular complexity index is 793. The molecule has 0 fully saturated rings. The molecule has 27 heavy (non-hydrogen) atoms. The first kappa shape index (κ1) is 21.4. The second kappa shape index (κ2) is 7.64. The molecule has 2 aromatic rings. The number of hydrogen-bond donors (Lipinski definition) is 1. The van der Waals surface area contributed by atoms with Crippen LogP contribution in [0.4, 0.5) is 17.6 Å². The molecule has 0 radical (unpaired) electrons. The lowest BCUT2D eigenvalue weighted by atomic mass is 9.73. The van der Waals surface area contributed by atoms with Gasteiger partial charge in [-0.3, -0.25) is 0 Å². The molecule has 1 aromatic heterocycles. The summed E-state index contributed by atoms with van der Waals surface area (Å²) in [7, 11) is 1.35. The molecule has 0 saturated heterocycles. The van der Waals surface area contributed by atoms with Gasteiger partial charge >= 0.3 is 6.18 Å². The Morgan fingerprint density at radius 1 is 1.15 bits per heavy atom. The molecule has 2 rings (SSSR count). The van der Waals surface area contributed by atoms with Crippen LogP contribution in [0.2, 0.25) is 5.15 Å². The molecule has 1 heterocycles. The third kappa shape index (κ3) is 4.90. The van der Waals surface area contributed by atoms with Crippen molar-refractivity contribution in [2.24, 2.45) is 0 Å². The third-order valence-electron chi connectivity index (χ3n) is 4.44. The normalized spacial score (nSPS) is 14.7. The maximum Gasteiger partial charge on any atom is 0.417 e. The van der Waals surface area contributed by atoms with Crippen molar-refractivity contribution in [3.63, 3.8) is 0 Å². The van der Waals surface area contributed by atoms with E-state index in [4.69, 9.17) is 16.3 Å². The van der Waals surface area contributed by atoms with Crippen molar-refractivity contribution in [3.8, 4) is 5.75 Å². The average molecular weight is 406 g/mol. The average Bonchev–Trinajstić information content (AvgIpc) is 2.55. The van der Waals surface area contributed by atoms with Crippen LogP contribution in [0.25, 0.3) is 0 Å². The van der Waals surface area contributed by atoms with Crippen molar-refractivity contribution < 1.29 is 27.4 Å². The van der Waals surface area contributed by atoms with Gasteiger partial charge in [0.15, 0.2) is 5.60 Å². The lowest BCUT2D eigenvalue weighted by Gasteiger charge is -2.38. The zero-order valence-corrected chi connectivity index (χ0v) is 15.8. The molecule has 0 spiro atoms. The summed E-state index contributed by atoms with van der Waals surface area (Å²) in [6, 6.07) is 6.37. The first-order chi connectivity index (χ1) is 12.4. The summed E-state index contributed by atoms with van der Waals surface area (Å²) in [5, 5.41) is 10.7. The molecule has 0 aliphatic heterocycles. The molecule has 0 aliphatic rings. The van der Waals surface area contributed by atoms with E-state index in [-0.39, 0.29) is 22.0 Å². The van der Waals surface area contributed by atoms with Crippen LogP contribution < -0.4 is 4.74 Å². The van der Waals surface area contributed by atoms with Gasteiger partial charge < -0.3 is 9.84 Å². The maximum absolute atomic E-state index is 13.8. The van der Waals surface area contributed by atoms with Crippen LogP contribution in [0, 0.1) is 5.82 Å². The summed E-state index contributed by atoms with van der Waals surface area (Å²) in [6.07, 6.45) is -5.13. The number of rotatable bonds is 6. The van der Waals surface area contributed by atoms with Crippen LogP contribution in [0.3, 0.4) is 0 Å². The van der Waals surface area contributed by atoms with Crippen molar-refractivity contribution in [2.75, 3.05) is 7.11 Å². The fourth-order valence-electron chi connectivity index (χ4n) is 3.15. The SMILES string of the molecule is COc1ccc(F)cc1C(C)(C)CC(O)(Cc1ccc(Cl)nc1)C(F)(F)F. The number of aliphatic hydroxyl groups is 1. The van der Waals surface area contributed by atoms with Gasteiger partial charge in [0, 0.05) is 18.2 Å². The van der Waals surface area contributed by atoms with Crippen LogP contribution in [-0.2, 0) is 11.8 Å². The van der Waals surface area contributed by atoms with Gasteiger partial charge in [0.1, 0.15) is 16.7 Å². The summed E-state index contributed by atoms with van der Waals surface area (Å²) < 4.78 is 60.2. The zero-order valence-electron chi connectivity index (χ0n) is 15.1. The maximum atomic E-state index is 13.8. The van der Waals surface area contributed by atoms with E-state index in [9.17, 15) is 22.7 Å². The van der Waals surface area contributed by atoms with Gasteiger partial charge in [-0.25, -0.2) is 9.37 Å². The fraction of sp³-hybridized carbons (Fsp3) is 0.421. The molecule has 1 unspecified atom stereocenters. The summed E-state index contributed by atoms with van der Waals surface area (Å²) >= 11 is 5.66. The van der Waals surface area contributed by atoms with Crippen molar-refractivity contribution in [1.29, 1.82) is 0 Å². The predicted molar refractivity (Wildman–Crippen MR) is 94.6 cm³/mol. The summed E-state index contributed by atoms with van der Waals surface area (Å²) in [5.74, 6) is -0.351. The lowest BCUT2D eigenvalue weighted by molar-refractivity contribution is -0.266. The van der Waals surface area contributed by atoms with Crippen LogP contribution in [0.15, 0.2) is 36.5 Å². The van der Waals surface area contributed by atoms with Crippen LogP contribution in [0.1, 0.15) is 31.4 Å². The topological polar surface area (TPSA) is 42.4 Å². The highest BCUT2D eigenvalue weighted by molar-refractivity contribution is 6.29. The Kier molecular flexibility index (Phi) is 6.06. The molecule has 3 nitrogen and oxygen atoms in total. The van der Waals surface area contributed by atoms with E-state index < -0.39 is 35.9 Å². The van der Waals surface area contributed by atoms with E-state index in [0.717, 1.165) is 12.1 Å². The van der Waals surface area contributed by atoms with Crippen molar-refractivity contribution >= 4 is 11.6 Å². The van der Waals surface area contributed by atoms with Crippen LogP contribution >= 0.6 is 11.6 Å². The van der Waals surface area contributed by atoms with E-state index >= 15 is 0 Å². The lowest BCUT2D eigenvalue weighted by Crippen LogP contribution is -2.50. The Morgan fingerprint density at radius 2 is 1.81 bits per heavy atom. The monoisotopic (exact) mass is 405 g/mol. The molecular weight excluding hydrogens is 386 g/mol. The van der Waals surface area contributed by atoms with E-state index in [1.165, 1.54) is 45.4 Å².